The minimum Gasteiger partial charge on any atom is -0.488 e. The van der Waals surface area contributed by atoms with Gasteiger partial charge in [0, 0.05) is 16.1 Å². The van der Waals surface area contributed by atoms with E-state index in [-0.39, 0.29) is 18.3 Å². The van der Waals surface area contributed by atoms with Crippen molar-refractivity contribution < 1.29 is 13.9 Å². The largest absolute Gasteiger partial charge is 0.488 e. The summed E-state index contributed by atoms with van der Waals surface area (Å²) in [5.41, 5.74) is 1.05. The second kappa shape index (κ2) is 8.13. The third kappa shape index (κ3) is 4.80. The molecule has 0 saturated carbocycles. The van der Waals surface area contributed by atoms with Crippen molar-refractivity contribution in [3.05, 3.63) is 64.4 Å². The number of amidine groups is 1. The molecule has 1 heterocycles. The van der Waals surface area contributed by atoms with Crippen LogP contribution in [0, 0.1) is 5.82 Å². The molecule has 0 aromatic heterocycles. The molecule has 0 bridgehead atoms. The van der Waals surface area contributed by atoms with Crippen LogP contribution in [0.25, 0.3) is 0 Å². The number of rotatable bonds is 5. The molecular formula is C17H13ClFN3O2S. The van der Waals surface area contributed by atoms with Crippen LogP contribution in [0.15, 0.2) is 52.7 Å². The Bertz CT molecular complexity index is 858. The first-order valence-electron chi connectivity index (χ1n) is 7.31. The predicted octanol–water partition coefficient (Wildman–Crippen LogP) is 3.61. The van der Waals surface area contributed by atoms with Crippen molar-refractivity contribution in [1.82, 2.24) is 5.32 Å². The van der Waals surface area contributed by atoms with Gasteiger partial charge in [0.2, 0.25) is 5.91 Å². The zero-order valence-corrected chi connectivity index (χ0v) is 14.5. The molecule has 0 unspecified atom stereocenters. The Balaban J connectivity index is 1.74. The second-order valence-electron chi connectivity index (χ2n) is 5.05. The van der Waals surface area contributed by atoms with Gasteiger partial charge in [0.1, 0.15) is 18.2 Å². The lowest BCUT2D eigenvalue weighted by Crippen LogP contribution is -2.19. The van der Waals surface area contributed by atoms with Gasteiger partial charge in [-0.2, -0.15) is 5.10 Å². The van der Waals surface area contributed by atoms with Crippen LogP contribution in [0.1, 0.15) is 11.1 Å². The maximum Gasteiger partial charge on any atom is 0.236 e. The quantitative estimate of drug-likeness (QED) is 0.639. The lowest BCUT2D eigenvalue weighted by atomic mass is 10.2. The molecule has 3 rings (SSSR count). The van der Waals surface area contributed by atoms with Gasteiger partial charge in [-0.25, -0.2) is 4.39 Å². The number of hydrogen-bond donors (Lipinski definition) is 1. The number of carbonyl (C=O) groups excluding carboxylic acids is 1. The third-order valence-corrected chi connectivity index (χ3v) is 4.34. The van der Waals surface area contributed by atoms with Gasteiger partial charge in [0.25, 0.3) is 0 Å². The molecule has 1 fully saturated rings. The minimum absolute atomic E-state index is 0.0789. The van der Waals surface area contributed by atoms with Gasteiger partial charge in [0.05, 0.1) is 12.0 Å². The molecule has 0 spiro atoms. The zero-order valence-electron chi connectivity index (χ0n) is 12.9. The highest BCUT2D eigenvalue weighted by Gasteiger charge is 2.16. The number of benzene rings is 2. The van der Waals surface area contributed by atoms with E-state index in [2.05, 4.69) is 15.5 Å². The maximum absolute atomic E-state index is 13.7. The Morgan fingerprint density at radius 1 is 1.32 bits per heavy atom. The first-order chi connectivity index (χ1) is 12.1. The topological polar surface area (TPSA) is 63.0 Å². The summed E-state index contributed by atoms with van der Waals surface area (Å²) in [7, 11) is 0. The van der Waals surface area contributed by atoms with E-state index in [1.807, 2.05) is 0 Å². The summed E-state index contributed by atoms with van der Waals surface area (Å²) in [6.45, 7) is 0.0789. The third-order valence-electron chi connectivity index (χ3n) is 3.24. The number of hydrogen-bond acceptors (Lipinski definition) is 5. The Morgan fingerprint density at radius 3 is 2.92 bits per heavy atom. The molecule has 25 heavy (non-hydrogen) atoms. The fraction of sp³-hybridized carbons (Fsp3) is 0.118. The number of amides is 1. The fourth-order valence-corrected chi connectivity index (χ4v) is 2.86. The highest BCUT2D eigenvalue weighted by Crippen LogP contribution is 2.23. The molecule has 8 heteroatoms. The van der Waals surface area contributed by atoms with Gasteiger partial charge in [-0.1, -0.05) is 41.6 Å². The number of carbonyl (C=O) groups is 1. The maximum atomic E-state index is 13.7. The molecule has 1 amide bonds. The van der Waals surface area contributed by atoms with E-state index in [1.54, 1.807) is 36.4 Å². The fourth-order valence-electron chi connectivity index (χ4n) is 2.05. The van der Waals surface area contributed by atoms with E-state index < -0.39 is 0 Å². The van der Waals surface area contributed by atoms with Gasteiger partial charge in [-0.15, -0.1) is 5.10 Å². The number of thioether (sulfide) groups is 1. The van der Waals surface area contributed by atoms with Crippen molar-refractivity contribution in [2.24, 2.45) is 10.2 Å². The first kappa shape index (κ1) is 17.4. The summed E-state index contributed by atoms with van der Waals surface area (Å²) < 4.78 is 19.4. The summed E-state index contributed by atoms with van der Waals surface area (Å²) in [5, 5.41) is 11.4. The number of nitrogens with zero attached hydrogens (tertiary/aromatic N) is 2. The van der Waals surface area contributed by atoms with Crippen molar-refractivity contribution in [3.8, 4) is 5.75 Å². The molecule has 0 aliphatic carbocycles. The van der Waals surface area contributed by atoms with Gasteiger partial charge in [-0.05, 0) is 24.3 Å². The summed E-state index contributed by atoms with van der Waals surface area (Å²) in [6.07, 6.45) is 1.47. The van der Waals surface area contributed by atoms with Crippen LogP contribution in [0.4, 0.5) is 4.39 Å². The molecule has 1 aliphatic rings. The van der Waals surface area contributed by atoms with Gasteiger partial charge < -0.3 is 10.1 Å². The molecule has 0 radical (unpaired) electrons. The predicted molar refractivity (Wildman–Crippen MR) is 97.8 cm³/mol. The van der Waals surface area contributed by atoms with E-state index >= 15 is 0 Å². The molecule has 1 saturated heterocycles. The lowest BCUT2D eigenvalue weighted by Gasteiger charge is -2.10. The first-order valence-corrected chi connectivity index (χ1v) is 8.67. The van der Waals surface area contributed by atoms with Crippen molar-refractivity contribution >= 4 is 40.7 Å². The highest BCUT2D eigenvalue weighted by molar-refractivity contribution is 8.15. The molecule has 2 aromatic carbocycles. The average molecular weight is 378 g/mol. The Hall–Kier alpha value is -2.38. The van der Waals surface area contributed by atoms with Crippen molar-refractivity contribution in [1.29, 1.82) is 0 Å². The Morgan fingerprint density at radius 2 is 2.16 bits per heavy atom. The smallest absolute Gasteiger partial charge is 0.236 e. The second-order valence-corrected chi connectivity index (χ2v) is 6.45. The normalized spacial score (nSPS) is 15.8. The summed E-state index contributed by atoms with van der Waals surface area (Å²) >= 11 is 7.29. The van der Waals surface area contributed by atoms with Gasteiger partial charge in [0.15, 0.2) is 5.17 Å². The van der Waals surface area contributed by atoms with E-state index in [9.17, 15) is 9.18 Å². The van der Waals surface area contributed by atoms with Crippen LogP contribution in [-0.4, -0.2) is 23.0 Å². The summed E-state index contributed by atoms with van der Waals surface area (Å²) in [6, 6.07) is 11.4. The van der Waals surface area contributed by atoms with Crippen LogP contribution in [0.5, 0.6) is 5.75 Å². The Kier molecular flexibility index (Phi) is 5.67. The molecule has 5 nitrogen and oxygen atoms in total. The Labute approximate surface area is 152 Å². The van der Waals surface area contributed by atoms with Crippen molar-refractivity contribution in [2.75, 3.05) is 5.75 Å². The number of nitrogens with one attached hydrogen (secondary N) is 1. The van der Waals surface area contributed by atoms with Crippen LogP contribution in [0.3, 0.4) is 0 Å². The van der Waals surface area contributed by atoms with E-state index in [0.29, 0.717) is 32.8 Å². The average Bonchev–Trinajstić information content (AvgIpc) is 3.01. The SMILES string of the molecule is O=C1CSC(=NN=Cc2cc(Cl)ccc2OCc2ccccc2F)N1. The summed E-state index contributed by atoms with van der Waals surface area (Å²) in [5.74, 6) is 0.408. The standard InChI is InChI=1S/C17H13ClFN3O2S/c18-13-5-6-15(24-9-11-3-1-2-4-14(11)19)12(7-13)8-20-22-17-21-16(23)10-25-17/h1-8H,9-10H2,(H,21,22,23). The molecule has 1 N–H and O–H groups in total. The molecule has 1 aliphatic heterocycles. The summed E-state index contributed by atoms with van der Waals surface area (Å²) in [4.78, 5) is 11.1. The van der Waals surface area contributed by atoms with Crippen molar-refractivity contribution in [3.63, 3.8) is 0 Å². The van der Waals surface area contributed by atoms with Crippen LogP contribution < -0.4 is 10.1 Å². The number of ether oxygens (including phenoxy) is 1. The monoisotopic (exact) mass is 377 g/mol. The lowest BCUT2D eigenvalue weighted by molar-refractivity contribution is -0.116. The minimum atomic E-state index is -0.327. The van der Waals surface area contributed by atoms with Gasteiger partial charge >= 0.3 is 0 Å². The highest BCUT2D eigenvalue weighted by atomic mass is 35.5. The zero-order chi connectivity index (χ0) is 17.6. The number of halogens is 2. The molecule has 0 atom stereocenters. The molecule has 2 aromatic rings. The molecular weight excluding hydrogens is 365 g/mol. The van der Waals surface area contributed by atoms with Gasteiger partial charge in [-0.3, -0.25) is 4.79 Å². The van der Waals surface area contributed by atoms with E-state index in [4.69, 9.17) is 16.3 Å². The van der Waals surface area contributed by atoms with E-state index in [0.717, 1.165) is 0 Å². The van der Waals surface area contributed by atoms with Crippen LogP contribution in [-0.2, 0) is 11.4 Å². The molecule has 128 valence electrons. The van der Waals surface area contributed by atoms with Crippen LogP contribution >= 0.6 is 23.4 Å². The van der Waals surface area contributed by atoms with E-state index in [1.165, 1.54) is 24.0 Å². The van der Waals surface area contributed by atoms with Crippen LogP contribution in [0.2, 0.25) is 5.02 Å². The van der Waals surface area contributed by atoms with Crippen molar-refractivity contribution in [2.45, 2.75) is 6.61 Å².